The average Bonchev–Trinajstić information content (AvgIpc) is 2.67. The van der Waals surface area contributed by atoms with Gasteiger partial charge in [0.2, 0.25) is 0 Å². The fraction of sp³-hybridized carbons (Fsp3) is 0.333. The van der Waals surface area contributed by atoms with Gasteiger partial charge in [-0.25, -0.2) is 0 Å². The minimum Gasteiger partial charge on any atom is -0.494 e. The number of hydrogen-bond donors (Lipinski definition) is 1. The van der Waals surface area contributed by atoms with Crippen LogP contribution in [0, 0.1) is 0 Å². The number of hydrogen-bond acceptors (Lipinski definition) is 4. The Hall–Kier alpha value is -3.02. The molecule has 0 spiro atoms. The van der Waals surface area contributed by atoms with Gasteiger partial charge in [-0.2, -0.15) is 0 Å². The summed E-state index contributed by atoms with van der Waals surface area (Å²) in [5, 5.41) is 2.85. The Morgan fingerprint density at radius 2 is 1.96 bits per heavy atom. The number of amides is 2. The van der Waals surface area contributed by atoms with Crippen LogP contribution in [0.2, 0.25) is 0 Å². The standard InChI is InChI=1S/C21H24N2O4/c1-4-5-12-26-17-9-6-15(7-10-17)20(24)22-16-8-11-19-18(13-16)23(3)21(25)14(2)27-19/h6-11,13-14H,4-5,12H2,1-3H3,(H,22,24)/t14-/m1/s1. The van der Waals surface area contributed by atoms with Crippen LogP contribution in [0.25, 0.3) is 0 Å². The van der Waals surface area contributed by atoms with E-state index in [1.165, 1.54) is 0 Å². The van der Waals surface area contributed by atoms with E-state index in [1.807, 2.05) is 0 Å². The van der Waals surface area contributed by atoms with Gasteiger partial charge in [0.25, 0.3) is 11.8 Å². The molecule has 1 atom stereocenters. The van der Waals surface area contributed by atoms with Gasteiger partial charge in [-0.05, 0) is 55.8 Å². The molecule has 0 bridgehead atoms. The first-order chi connectivity index (χ1) is 13.0. The number of carbonyl (C=O) groups excluding carboxylic acids is 2. The van der Waals surface area contributed by atoms with E-state index in [2.05, 4.69) is 12.2 Å². The molecule has 1 heterocycles. The van der Waals surface area contributed by atoms with Gasteiger partial charge in [0.15, 0.2) is 6.10 Å². The molecule has 0 aromatic heterocycles. The van der Waals surface area contributed by atoms with Crippen LogP contribution >= 0.6 is 0 Å². The van der Waals surface area contributed by atoms with Crippen molar-refractivity contribution >= 4 is 23.2 Å². The predicted molar refractivity (Wildman–Crippen MR) is 105 cm³/mol. The van der Waals surface area contributed by atoms with E-state index in [4.69, 9.17) is 9.47 Å². The number of carbonyl (C=O) groups is 2. The molecule has 0 saturated carbocycles. The van der Waals surface area contributed by atoms with E-state index < -0.39 is 6.10 Å². The van der Waals surface area contributed by atoms with Crippen molar-refractivity contribution < 1.29 is 19.1 Å². The summed E-state index contributed by atoms with van der Waals surface area (Å²) < 4.78 is 11.2. The van der Waals surface area contributed by atoms with Crippen molar-refractivity contribution in [2.24, 2.45) is 0 Å². The van der Waals surface area contributed by atoms with Crippen LogP contribution in [0.1, 0.15) is 37.0 Å². The molecule has 2 aromatic carbocycles. The maximum Gasteiger partial charge on any atom is 0.267 e. The van der Waals surface area contributed by atoms with E-state index in [1.54, 1.807) is 61.3 Å². The second-order valence-electron chi connectivity index (χ2n) is 6.52. The molecule has 0 radical (unpaired) electrons. The Morgan fingerprint density at radius 3 is 2.67 bits per heavy atom. The first kappa shape index (κ1) is 18.8. The summed E-state index contributed by atoms with van der Waals surface area (Å²) in [5.41, 5.74) is 1.76. The Morgan fingerprint density at radius 1 is 1.22 bits per heavy atom. The van der Waals surface area contributed by atoms with Gasteiger partial charge in [0, 0.05) is 18.3 Å². The largest absolute Gasteiger partial charge is 0.494 e. The number of benzene rings is 2. The molecule has 2 aromatic rings. The van der Waals surface area contributed by atoms with Crippen molar-refractivity contribution in [3.8, 4) is 11.5 Å². The lowest BCUT2D eigenvalue weighted by Crippen LogP contribution is -2.41. The molecular formula is C21H24N2O4. The van der Waals surface area contributed by atoms with Crippen molar-refractivity contribution in [2.75, 3.05) is 23.9 Å². The number of nitrogens with one attached hydrogen (secondary N) is 1. The molecule has 1 aliphatic rings. The highest BCUT2D eigenvalue weighted by Crippen LogP contribution is 2.35. The van der Waals surface area contributed by atoms with Crippen LogP contribution in [0.3, 0.4) is 0 Å². The molecule has 6 heteroatoms. The van der Waals surface area contributed by atoms with Gasteiger partial charge in [0.05, 0.1) is 12.3 Å². The minimum atomic E-state index is -0.513. The van der Waals surface area contributed by atoms with Crippen LogP contribution in [0.15, 0.2) is 42.5 Å². The number of ether oxygens (including phenoxy) is 2. The molecule has 2 amide bonds. The number of anilines is 2. The quantitative estimate of drug-likeness (QED) is 0.786. The van der Waals surface area contributed by atoms with E-state index in [0.717, 1.165) is 18.6 Å². The highest BCUT2D eigenvalue weighted by Gasteiger charge is 2.29. The number of rotatable bonds is 6. The van der Waals surface area contributed by atoms with Crippen molar-refractivity contribution in [3.63, 3.8) is 0 Å². The second kappa shape index (κ2) is 8.12. The van der Waals surface area contributed by atoms with Crippen LogP contribution in [-0.4, -0.2) is 31.6 Å². The molecule has 142 valence electrons. The Labute approximate surface area is 159 Å². The van der Waals surface area contributed by atoms with Gasteiger partial charge >= 0.3 is 0 Å². The summed E-state index contributed by atoms with van der Waals surface area (Å²) in [5.74, 6) is 1.02. The van der Waals surface area contributed by atoms with Crippen molar-refractivity contribution in [2.45, 2.75) is 32.8 Å². The van der Waals surface area contributed by atoms with Gasteiger partial charge in [-0.3, -0.25) is 9.59 Å². The molecule has 1 N–H and O–H groups in total. The van der Waals surface area contributed by atoms with E-state index in [9.17, 15) is 9.59 Å². The van der Waals surface area contributed by atoms with E-state index >= 15 is 0 Å². The first-order valence-electron chi connectivity index (χ1n) is 9.12. The molecule has 0 aliphatic carbocycles. The number of fused-ring (bicyclic) bond motifs is 1. The van der Waals surface area contributed by atoms with Crippen LogP contribution in [0.5, 0.6) is 11.5 Å². The molecule has 6 nitrogen and oxygen atoms in total. The molecule has 0 fully saturated rings. The van der Waals surface area contributed by atoms with Gasteiger partial charge < -0.3 is 19.7 Å². The SMILES string of the molecule is CCCCOc1ccc(C(=O)Nc2ccc3c(c2)N(C)C(=O)[C@@H](C)O3)cc1. The van der Waals surface area contributed by atoms with E-state index in [0.29, 0.717) is 29.3 Å². The Kier molecular flexibility index (Phi) is 5.64. The zero-order chi connectivity index (χ0) is 19.4. The van der Waals surface area contributed by atoms with Gasteiger partial charge in [-0.15, -0.1) is 0 Å². The lowest BCUT2D eigenvalue weighted by Gasteiger charge is -2.30. The Bertz CT molecular complexity index is 833. The summed E-state index contributed by atoms with van der Waals surface area (Å²) in [6.45, 7) is 4.50. The fourth-order valence-corrected chi connectivity index (χ4v) is 2.83. The predicted octanol–water partition coefficient (Wildman–Crippen LogP) is 3.86. The zero-order valence-electron chi connectivity index (χ0n) is 15.8. The minimum absolute atomic E-state index is 0.121. The highest BCUT2D eigenvalue weighted by atomic mass is 16.5. The summed E-state index contributed by atoms with van der Waals surface area (Å²) in [6.07, 6.45) is 1.56. The molecule has 0 unspecified atom stereocenters. The third-order valence-corrected chi connectivity index (χ3v) is 4.44. The van der Waals surface area contributed by atoms with E-state index in [-0.39, 0.29) is 11.8 Å². The number of unbranched alkanes of at least 4 members (excludes halogenated alkanes) is 1. The fourth-order valence-electron chi connectivity index (χ4n) is 2.83. The third-order valence-electron chi connectivity index (χ3n) is 4.44. The second-order valence-corrected chi connectivity index (χ2v) is 6.52. The number of nitrogens with zero attached hydrogens (tertiary/aromatic N) is 1. The van der Waals surface area contributed by atoms with Crippen molar-refractivity contribution in [1.82, 2.24) is 0 Å². The zero-order valence-corrected chi connectivity index (χ0v) is 15.8. The monoisotopic (exact) mass is 368 g/mol. The summed E-state index contributed by atoms with van der Waals surface area (Å²) in [6, 6.07) is 12.3. The molecule has 27 heavy (non-hydrogen) atoms. The maximum absolute atomic E-state index is 12.5. The van der Waals surface area contributed by atoms with Crippen LogP contribution in [0.4, 0.5) is 11.4 Å². The van der Waals surface area contributed by atoms with Gasteiger partial charge in [-0.1, -0.05) is 13.3 Å². The lowest BCUT2D eigenvalue weighted by molar-refractivity contribution is -0.125. The topological polar surface area (TPSA) is 67.9 Å². The molecule has 1 aliphatic heterocycles. The van der Waals surface area contributed by atoms with Crippen LogP contribution < -0.4 is 19.7 Å². The van der Waals surface area contributed by atoms with Gasteiger partial charge in [0.1, 0.15) is 11.5 Å². The molecule has 3 rings (SSSR count). The molecular weight excluding hydrogens is 344 g/mol. The van der Waals surface area contributed by atoms with Crippen molar-refractivity contribution in [3.05, 3.63) is 48.0 Å². The maximum atomic E-state index is 12.5. The smallest absolute Gasteiger partial charge is 0.267 e. The summed E-state index contributed by atoms with van der Waals surface area (Å²) in [4.78, 5) is 26.1. The number of likely N-dealkylation sites (N-methyl/N-ethyl adjacent to an activating group) is 1. The average molecular weight is 368 g/mol. The molecule has 0 saturated heterocycles. The van der Waals surface area contributed by atoms with Crippen molar-refractivity contribution in [1.29, 1.82) is 0 Å². The normalized spacial score (nSPS) is 15.7. The summed E-state index contributed by atoms with van der Waals surface area (Å²) in [7, 11) is 1.70. The Balaban J connectivity index is 1.69. The summed E-state index contributed by atoms with van der Waals surface area (Å²) >= 11 is 0. The van der Waals surface area contributed by atoms with Crippen LogP contribution in [-0.2, 0) is 4.79 Å². The highest BCUT2D eigenvalue weighted by molar-refractivity contribution is 6.05. The third kappa shape index (κ3) is 4.22. The lowest BCUT2D eigenvalue weighted by atomic mass is 10.1. The first-order valence-corrected chi connectivity index (χ1v) is 9.12.